The molecule has 4 nitrogen and oxygen atoms in total. The molecule has 3 unspecified atom stereocenters. The van der Waals surface area contributed by atoms with Crippen molar-refractivity contribution in [3.05, 3.63) is 0 Å². The second kappa shape index (κ2) is 5.86. The van der Waals surface area contributed by atoms with Crippen LogP contribution in [-0.2, 0) is 4.79 Å². The van der Waals surface area contributed by atoms with Crippen molar-refractivity contribution >= 4 is 5.91 Å². The van der Waals surface area contributed by atoms with Gasteiger partial charge in [0.25, 0.3) is 0 Å². The summed E-state index contributed by atoms with van der Waals surface area (Å²) in [6.45, 7) is 2.50. The number of rotatable bonds is 4. The molecule has 90 valence electrons. The Kier molecular flexibility index (Phi) is 4.75. The molecule has 0 bridgehead atoms. The third-order valence-electron chi connectivity index (χ3n) is 3.67. The second-order valence-electron chi connectivity index (χ2n) is 4.69. The molecule has 0 spiro atoms. The van der Waals surface area contributed by atoms with Gasteiger partial charge in [-0.1, -0.05) is 6.42 Å². The Morgan fingerprint density at radius 2 is 2.31 bits per heavy atom. The van der Waals surface area contributed by atoms with Gasteiger partial charge >= 0.3 is 0 Å². The molecule has 0 saturated heterocycles. The summed E-state index contributed by atoms with van der Waals surface area (Å²) in [5.74, 6) is 0.580. The Morgan fingerprint density at radius 3 is 2.88 bits per heavy atom. The smallest absolute Gasteiger partial charge is 0.226 e. The number of nitrogens with zero attached hydrogens (tertiary/aromatic N) is 2. The van der Waals surface area contributed by atoms with Crippen LogP contribution in [0.3, 0.4) is 0 Å². The Bertz CT molecular complexity index is 284. The van der Waals surface area contributed by atoms with E-state index in [-0.39, 0.29) is 17.9 Å². The maximum Gasteiger partial charge on any atom is 0.226 e. The van der Waals surface area contributed by atoms with Gasteiger partial charge in [0.1, 0.15) is 0 Å². The van der Waals surface area contributed by atoms with Gasteiger partial charge in [-0.05, 0) is 32.2 Å². The van der Waals surface area contributed by atoms with Crippen molar-refractivity contribution in [2.45, 2.75) is 38.6 Å². The first kappa shape index (κ1) is 13.0. The van der Waals surface area contributed by atoms with Crippen LogP contribution in [0.15, 0.2) is 0 Å². The van der Waals surface area contributed by atoms with E-state index in [0.717, 1.165) is 19.3 Å². The first-order valence-electron chi connectivity index (χ1n) is 5.95. The zero-order chi connectivity index (χ0) is 12.1. The van der Waals surface area contributed by atoms with Gasteiger partial charge < -0.3 is 10.6 Å². The molecule has 3 atom stereocenters. The Balaban J connectivity index is 2.59. The van der Waals surface area contributed by atoms with Gasteiger partial charge in [-0.25, -0.2) is 0 Å². The van der Waals surface area contributed by atoms with E-state index < -0.39 is 0 Å². The summed E-state index contributed by atoms with van der Waals surface area (Å²) in [5.41, 5.74) is 5.67. The van der Waals surface area contributed by atoms with Crippen LogP contribution in [0.1, 0.15) is 32.6 Å². The summed E-state index contributed by atoms with van der Waals surface area (Å²) >= 11 is 0. The number of hydrogen-bond acceptors (Lipinski definition) is 3. The van der Waals surface area contributed by atoms with Crippen molar-refractivity contribution in [3.63, 3.8) is 0 Å². The van der Waals surface area contributed by atoms with E-state index in [2.05, 4.69) is 6.07 Å². The van der Waals surface area contributed by atoms with Gasteiger partial charge in [0, 0.05) is 19.0 Å². The zero-order valence-electron chi connectivity index (χ0n) is 10.1. The lowest BCUT2D eigenvalue weighted by Crippen LogP contribution is -2.41. The Morgan fingerprint density at radius 1 is 1.62 bits per heavy atom. The van der Waals surface area contributed by atoms with Crippen LogP contribution >= 0.6 is 0 Å². The minimum atomic E-state index is -0.00322. The number of carbonyl (C=O) groups is 1. The third kappa shape index (κ3) is 2.73. The fourth-order valence-corrected chi connectivity index (χ4v) is 2.39. The van der Waals surface area contributed by atoms with Gasteiger partial charge in [0.15, 0.2) is 0 Å². The lowest BCUT2D eigenvalue weighted by Gasteiger charge is -2.28. The van der Waals surface area contributed by atoms with Crippen LogP contribution in [-0.4, -0.2) is 30.4 Å². The predicted octanol–water partition coefficient (Wildman–Crippen LogP) is 1.12. The van der Waals surface area contributed by atoms with E-state index in [1.807, 2.05) is 6.92 Å². The minimum absolute atomic E-state index is 0.00322. The maximum atomic E-state index is 12.2. The van der Waals surface area contributed by atoms with Crippen molar-refractivity contribution in [3.8, 4) is 6.07 Å². The van der Waals surface area contributed by atoms with E-state index in [1.165, 1.54) is 0 Å². The molecular formula is C12H21N3O. The molecule has 4 heteroatoms. The van der Waals surface area contributed by atoms with E-state index >= 15 is 0 Å². The highest BCUT2D eigenvalue weighted by molar-refractivity contribution is 5.79. The molecule has 0 aromatic rings. The van der Waals surface area contributed by atoms with Crippen molar-refractivity contribution in [1.29, 1.82) is 5.26 Å². The first-order valence-corrected chi connectivity index (χ1v) is 5.95. The van der Waals surface area contributed by atoms with Gasteiger partial charge in [0.2, 0.25) is 5.91 Å². The molecule has 1 amide bonds. The van der Waals surface area contributed by atoms with Crippen LogP contribution in [0, 0.1) is 23.2 Å². The first-order chi connectivity index (χ1) is 7.61. The van der Waals surface area contributed by atoms with Crippen molar-refractivity contribution in [2.24, 2.45) is 17.6 Å². The quantitative estimate of drug-likeness (QED) is 0.776. The molecule has 0 aliphatic heterocycles. The highest BCUT2D eigenvalue weighted by Crippen LogP contribution is 2.32. The van der Waals surface area contributed by atoms with Crippen LogP contribution < -0.4 is 5.73 Å². The van der Waals surface area contributed by atoms with Crippen molar-refractivity contribution < 1.29 is 4.79 Å². The molecule has 1 saturated carbocycles. The predicted molar refractivity (Wildman–Crippen MR) is 62.3 cm³/mol. The average molecular weight is 223 g/mol. The van der Waals surface area contributed by atoms with Crippen molar-refractivity contribution in [2.75, 3.05) is 13.6 Å². The third-order valence-corrected chi connectivity index (χ3v) is 3.67. The standard InChI is InChI=1S/C12H21N3O/c1-9(6-7-13)15(2)12(16)11-5-3-4-10(11)8-14/h9-11H,3-6,8,14H2,1-2H3. The summed E-state index contributed by atoms with van der Waals surface area (Å²) in [4.78, 5) is 13.9. The summed E-state index contributed by atoms with van der Waals surface area (Å²) in [5, 5.41) is 8.62. The van der Waals surface area contributed by atoms with Gasteiger partial charge in [-0.3, -0.25) is 4.79 Å². The Labute approximate surface area is 97.4 Å². The highest BCUT2D eigenvalue weighted by atomic mass is 16.2. The molecule has 0 aromatic heterocycles. The number of nitriles is 1. The highest BCUT2D eigenvalue weighted by Gasteiger charge is 2.34. The lowest BCUT2D eigenvalue weighted by molar-refractivity contribution is -0.137. The van der Waals surface area contributed by atoms with Crippen molar-refractivity contribution in [1.82, 2.24) is 4.90 Å². The van der Waals surface area contributed by atoms with Gasteiger partial charge in [-0.15, -0.1) is 0 Å². The fourth-order valence-electron chi connectivity index (χ4n) is 2.39. The molecule has 16 heavy (non-hydrogen) atoms. The summed E-state index contributed by atoms with van der Waals surface area (Å²) < 4.78 is 0. The van der Waals surface area contributed by atoms with Crippen LogP contribution in [0.5, 0.6) is 0 Å². The van der Waals surface area contributed by atoms with Crippen LogP contribution in [0.4, 0.5) is 0 Å². The SMILES string of the molecule is CC(CC#N)N(C)C(=O)C1CCCC1CN. The molecule has 0 radical (unpaired) electrons. The minimum Gasteiger partial charge on any atom is -0.342 e. The second-order valence-corrected chi connectivity index (χ2v) is 4.69. The lowest BCUT2D eigenvalue weighted by atomic mass is 9.94. The molecule has 0 heterocycles. The van der Waals surface area contributed by atoms with Crippen LogP contribution in [0.2, 0.25) is 0 Å². The number of hydrogen-bond donors (Lipinski definition) is 1. The van der Waals surface area contributed by atoms with E-state index in [9.17, 15) is 4.79 Å². The number of amides is 1. The average Bonchev–Trinajstić information content (AvgIpc) is 2.75. The van der Waals surface area contributed by atoms with E-state index in [1.54, 1.807) is 11.9 Å². The number of carbonyl (C=O) groups excluding carboxylic acids is 1. The molecule has 1 rings (SSSR count). The molecule has 1 aliphatic carbocycles. The van der Waals surface area contributed by atoms with E-state index in [4.69, 9.17) is 11.0 Å². The summed E-state index contributed by atoms with van der Waals surface area (Å²) in [7, 11) is 1.79. The molecule has 1 aliphatic rings. The monoisotopic (exact) mass is 223 g/mol. The Hall–Kier alpha value is -1.08. The van der Waals surface area contributed by atoms with Gasteiger partial charge in [0.05, 0.1) is 12.5 Å². The zero-order valence-corrected chi connectivity index (χ0v) is 10.1. The van der Waals surface area contributed by atoms with Gasteiger partial charge in [-0.2, -0.15) is 5.26 Å². The largest absolute Gasteiger partial charge is 0.342 e. The van der Waals surface area contributed by atoms with E-state index in [0.29, 0.717) is 18.9 Å². The topological polar surface area (TPSA) is 70.1 Å². The fraction of sp³-hybridized carbons (Fsp3) is 0.833. The number of nitrogens with two attached hydrogens (primary N) is 1. The van der Waals surface area contributed by atoms with Crippen LogP contribution in [0.25, 0.3) is 0 Å². The maximum absolute atomic E-state index is 12.2. The summed E-state index contributed by atoms with van der Waals surface area (Å²) in [6, 6.07) is 2.10. The molecular weight excluding hydrogens is 202 g/mol. The molecule has 1 fully saturated rings. The summed E-state index contributed by atoms with van der Waals surface area (Å²) in [6.07, 6.45) is 3.50. The normalized spacial score (nSPS) is 26.1. The molecule has 0 aromatic carbocycles. The molecule has 2 N–H and O–H groups in total.